The minimum atomic E-state index is -4.68. The zero-order valence-corrected chi connectivity index (χ0v) is 9.89. The summed E-state index contributed by atoms with van der Waals surface area (Å²) in [6, 6.07) is 3.01. The van der Waals surface area contributed by atoms with Crippen LogP contribution in [0.4, 0.5) is 13.2 Å². The summed E-state index contributed by atoms with van der Waals surface area (Å²) >= 11 is 5.49. The number of carbonyl (C=O) groups excluding carboxylic acids is 1. The number of hydrogen-bond acceptors (Lipinski definition) is 3. The molecular formula is C11H7ClF3NO2. The Morgan fingerprint density at radius 3 is 2.56 bits per heavy atom. The fourth-order valence-electron chi connectivity index (χ4n) is 1.28. The summed E-state index contributed by atoms with van der Waals surface area (Å²) in [5.74, 6) is -0.885. The van der Waals surface area contributed by atoms with Gasteiger partial charge in [-0.3, -0.25) is 0 Å². The number of carbonyl (C=O) groups is 1. The van der Waals surface area contributed by atoms with E-state index in [0.717, 1.165) is 6.07 Å². The third kappa shape index (κ3) is 2.74. The van der Waals surface area contributed by atoms with E-state index in [1.165, 1.54) is 13.0 Å². The highest BCUT2D eigenvalue weighted by Gasteiger charge is 2.35. The van der Waals surface area contributed by atoms with E-state index in [-0.39, 0.29) is 12.2 Å². The molecule has 0 atom stereocenters. The van der Waals surface area contributed by atoms with Crippen molar-refractivity contribution in [3.05, 3.63) is 33.8 Å². The molecule has 96 valence electrons. The molecule has 0 heterocycles. The summed E-state index contributed by atoms with van der Waals surface area (Å²) in [7, 11) is 0. The summed E-state index contributed by atoms with van der Waals surface area (Å²) in [6.07, 6.45) is -4.68. The minimum absolute atomic E-state index is 0.0440. The van der Waals surface area contributed by atoms with Crippen molar-refractivity contribution in [2.75, 3.05) is 6.61 Å². The van der Waals surface area contributed by atoms with Crippen molar-refractivity contribution in [1.82, 2.24) is 0 Å². The lowest BCUT2D eigenvalue weighted by Gasteiger charge is -2.12. The van der Waals surface area contributed by atoms with E-state index in [2.05, 4.69) is 4.74 Å². The maximum Gasteiger partial charge on any atom is 0.417 e. The molecule has 0 bridgehead atoms. The second-order valence-electron chi connectivity index (χ2n) is 3.18. The molecule has 18 heavy (non-hydrogen) atoms. The molecule has 0 N–H and O–H groups in total. The Kier molecular flexibility index (Phi) is 4.19. The van der Waals surface area contributed by atoms with E-state index in [4.69, 9.17) is 16.9 Å². The van der Waals surface area contributed by atoms with Crippen molar-refractivity contribution in [2.24, 2.45) is 0 Å². The van der Waals surface area contributed by atoms with Gasteiger partial charge >= 0.3 is 12.1 Å². The van der Waals surface area contributed by atoms with Crippen molar-refractivity contribution < 1.29 is 22.7 Å². The molecule has 1 aromatic rings. The number of nitrogens with zero attached hydrogens (tertiary/aromatic N) is 1. The van der Waals surface area contributed by atoms with Crippen molar-refractivity contribution in [1.29, 1.82) is 5.26 Å². The maximum atomic E-state index is 12.5. The summed E-state index contributed by atoms with van der Waals surface area (Å²) in [6.45, 7) is 1.58. The smallest absolute Gasteiger partial charge is 0.417 e. The Morgan fingerprint density at radius 1 is 1.50 bits per heavy atom. The van der Waals surface area contributed by atoms with E-state index in [1.807, 2.05) is 0 Å². The topological polar surface area (TPSA) is 50.1 Å². The van der Waals surface area contributed by atoms with Crippen molar-refractivity contribution in [2.45, 2.75) is 13.1 Å². The second-order valence-corrected chi connectivity index (χ2v) is 3.56. The van der Waals surface area contributed by atoms with Crippen molar-refractivity contribution in [3.63, 3.8) is 0 Å². The number of esters is 1. The van der Waals surface area contributed by atoms with Crippen LogP contribution in [0.5, 0.6) is 0 Å². The van der Waals surface area contributed by atoms with Crippen LogP contribution in [0.2, 0.25) is 5.02 Å². The van der Waals surface area contributed by atoms with Gasteiger partial charge in [0.15, 0.2) is 0 Å². The number of rotatable bonds is 2. The number of nitriles is 1. The third-order valence-electron chi connectivity index (χ3n) is 2.05. The Bertz CT molecular complexity index is 520. The molecule has 1 aromatic carbocycles. The quantitative estimate of drug-likeness (QED) is 0.778. The van der Waals surface area contributed by atoms with Crippen LogP contribution in [0.1, 0.15) is 28.4 Å². The zero-order chi connectivity index (χ0) is 13.9. The first-order chi connectivity index (χ1) is 8.32. The van der Waals surface area contributed by atoms with Gasteiger partial charge in [-0.2, -0.15) is 18.4 Å². The normalized spacial score (nSPS) is 10.9. The van der Waals surface area contributed by atoms with Gasteiger partial charge in [0.1, 0.15) is 6.07 Å². The molecule has 0 spiro atoms. The average molecular weight is 278 g/mol. The summed E-state index contributed by atoms with van der Waals surface area (Å²) in [4.78, 5) is 11.4. The summed E-state index contributed by atoms with van der Waals surface area (Å²) in [5.41, 5.74) is -1.98. The molecule has 0 fully saturated rings. The fourth-order valence-corrected chi connectivity index (χ4v) is 1.60. The zero-order valence-electron chi connectivity index (χ0n) is 9.14. The van der Waals surface area contributed by atoms with E-state index >= 15 is 0 Å². The van der Waals surface area contributed by atoms with Crippen LogP contribution in [0, 0.1) is 11.3 Å². The molecule has 0 aliphatic rings. The molecule has 1 rings (SSSR count). The SMILES string of the molecule is CCOC(=O)c1ccc(C(F)(F)F)c(Cl)c1C#N. The highest BCUT2D eigenvalue weighted by atomic mass is 35.5. The molecule has 0 aliphatic heterocycles. The van der Waals surface area contributed by atoms with Gasteiger partial charge in [0, 0.05) is 0 Å². The first kappa shape index (κ1) is 14.3. The Balaban J connectivity index is 3.40. The molecule has 0 unspecified atom stereocenters. The maximum absolute atomic E-state index is 12.5. The van der Waals surface area contributed by atoms with Crippen LogP contribution in [-0.4, -0.2) is 12.6 Å². The van der Waals surface area contributed by atoms with Crippen LogP contribution in [0.3, 0.4) is 0 Å². The van der Waals surface area contributed by atoms with Gasteiger partial charge in [-0.1, -0.05) is 11.6 Å². The standard InChI is InChI=1S/C11H7ClF3NO2/c1-2-18-10(17)6-3-4-8(11(13,14)15)9(12)7(6)5-16/h3-4H,2H2,1H3. The number of halogens is 4. The number of ether oxygens (including phenoxy) is 1. The van der Waals surface area contributed by atoms with E-state index in [9.17, 15) is 18.0 Å². The lowest BCUT2D eigenvalue weighted by molar-refractivity contribution is -0.137. The Hall–Kier alpha value is -1.74. The van der Waals surface area contributed by atoms with E-state index in [0.29, 0.717) is 6.07 Å². The Morgan fingerprint density at radius 2 is 2.11 bits per heavy atom. The molecule has 3 nitrogen and oxygen atoms in total. The number of hydrogen-bond donors (Lipinski definition) is 0. The van der Waals surface area contributed by atoms with Gasteiger partial charge in [-0.15, -0.1) is 0 Å². The van der Waals surface area contributed by atoms with Crippen LogP contribution in [0.15, 0.2) is 12.1 Å². The lowest BCUT2D eigenvalue weighted by atomic mass is 10.0. The first-order valence-electron chi connectivity index (χ1n) is 4.79. The highest BCUT2D eigenvalue weighted by molar-refractivity contribution is 6.33. The van der Waals surface area contributed by atoms with Gasteiger partial charge < -0.3 is 4.74 Å². The molecule has 0 aromatic heterocycles. The molecule has 0 aliphatic carbocycles. The monoisotopic (exact) mass is 277 g/mol. The lowest BCUT2D eigenvalue weighted by Crippen LogP contribution is -2.12. The van der Waals surface area contributed by atoms with Gasteiger partial charge in [-0.05, 0) is 19.1 Å². The van der Waals surface area contributed by atoms with Gasteiger partial charge in [-0.25, -0.2) is 4.79 Å². The average Bonchev–Trinajstić information content (AvgIpc) is 2.27. The predicted octanol–water partition coefficient (Wildman–Crippen LogP) is 3.41. The van der Waals surface area contributed by atoms with Crippen LogP contribution in [0.25, 0.3) is 0 Å². The van der Waals surface area contributed by atoms with E-state index < -0.39 is 28.3 Å². The molecule has 0 radical (unpaired) electrons. The Labute approximate surface area is 106 Å². The van der Waals surface area contributed by atoms with Gasteiger partial charge in [0.25, 0.3) is 0 Å². The van der Waals surface area contributed by atoms with Crippen LogP contribution >= 0.6 is 11.6 Å². The fraction of sp³-hybridized carbons (Fsp3) is 0.273. The molecule has 0 saturated carbocycles. The third-order valence-corrected chi connectivity index (χ3v) is 2.45. The number of alkyl halides is 3. The first-order valence-corrected chi connectivity index (χ1v) is 5.17. The minimum Gasteiger partial charge on any atom is -0.462 e. The molecule has 7 heteroatoms. The molecular weight excluding hydrogens is 271 g/mol. The predicted molar refractivity (Wildman–Crippen MR) is 57.1 cm³/mol. The second kappa shape index (κ2) is 5.27. The largest absolute Gasteiger partial charge is 0.462 e. The summed E-state index contributed by atoms with van der Waals surface area (Å²) in [5, 5.41) is 8.00. The van der Waals surface area contributed by atoms with Crippen molar-refractivity contribution in [3.8, 4) is 6.07 Å². The van der Waals surface area contributed by atoms with Gasteiger partial charge in [0.2, 0.25) is 0 Å². The molecule has 0 saturated heterocycles. The highest BCUT2D eigenvalue weighted by Crippen LogP contribution is 2.37. The number of benzene rings is 1. The molecule has 0 amide bonds. The van der Waals surface area contributed by atoms with E-state index in [1.54, 1.807) is 0 Å². The van der Waals surface area contributed by atoms with Crippen LogP contribution < -0.4 is 0 Å². The van der Waals surface area contributed by atoms with Gasteiger partial charge in [0.05, 0.1) is 28.3 Å². The van der Waals surface area contributed by atoms with Crippen LogP contribution in [-0.2, 0) is 10.9 Å². The van der Waals surface area contributed by atoms with Crippen molar-refractivity contribution >= 4 is 17.6 Å². The summed E-state index contributed by atoms with van der Waals surface area (Å²) < 4.78 is 42.2.